The lowest BCUT2D eigenvalue weighted by Gasteiger charge is -2.32. The van der Waals surface area contributed by atoms with Crippen LogP contribution >= 0.6 is 11.8 Å². The number of carbonyl (C=O) groups is 1. The number of hydrogen-bond donors (Lipinski definition) is 1. The molecule has 0 aliphatic carbocycles. The maximum absolute atomic E-state index is 12.4. The van der Waals surface area contributed by atoms with Gasteiger partial charge in [0, 0.05) is 24.6 Å². The zero-order valence-corrected chi connectivity index (χ0v) is 13.6. The Morgan fingerprint density at radius 1 is 1.48 bits per heavy atom. The normalized spacial score (nSPS) is 18.6. The van der Waals surface area contributed by atoms with Crippen molar-refractivity contribution in [1.29, 1.82) is 0 Å². The van der Waals surface area contributed by atoms with Crippen LogP contribution < -0.4 is 5.32 Å². The lowest BCUT2D eigenvalue weighted by molar-refractivity contribution is 0.0115. The average Bonchev–Trinajstić information content (AvgIpc) is 2.53. The number of hydrogen-bond acceptors (Lipinski definition) is 3. The molecule has 1 fully saturated rings. The summed E-state index contributed by atoms with van der Waals surface area (Å²) >= 11 is 1.64. The predicted octanol–water partition coefficient (Wildman–Crippen LogP) is 3.83. The monoisotopic (exact) mass is 308 g/mol. The Kier molecular flexibility index (Phi) is 6.39. The number of piperidine rings is 1. The number of urea groups is 1. The van der Waals surface area contributed by atoms with E-state index in [0.717, 1.165) is 43.0 Å². The van der Waals surface area contributed by atoms with Crippen LogP contribution in [0.3, 0.4) is 0 Å². The van der Waals surface area contributed by atoms with Crippen LogP contribution in [-0.4, -0.2) is 43.0 Å². The highest BCUT2D eigenvalue weighted by Gasteiger charge is 2.24. The average molecular weight is 308 g/mol. The number of carbonyl (C=O) groups excluding carboxylic acids is 1. The molecule has 1 N–H and O–H groups in total. The topological polar surface area (TPSA) is 41.6 Å². The smallest absolute Gasteiger partial charge is 0.321 e. The van der Waals surface area contributed by atoms with Gasteiger partial charge in [0.2, 0.25) is 0 Å². The standard InChI is InChI=1S/C16H24N2O2S/c1-3-11-20-13-7-6-10-18(12-13)16(19)17-14-8-4-5-9-15(14)21-2/h4-5,8-9,13H,3,6-7,10-12H2,1-2H3,(H,17,19)/t13-/m1/s1. The molecule has 1 aliphatic heterocycles. The van der Waals surface area contributed by atoms with Crippen LogP contribution in [0.25, 0.3) is 0 Å². The van der Waals surface area contributed by atoms with E-state index in [1.165, 1.54) is 0 Å². The first-order valence-electron chi connectivity index (χ1n) is 7.55. The quantitative estimate of drug-likeness (QED) is 0.841. The van der Waals surface area contributed by atoms with Gasteiger partial charge in [-0.05, 0) is 37.7 Å². The summed E-state index contributed by atoms with van der Waals surface area (Å²) in [7, 11) is 0. The molecule has 116 valence electrons. The van der Waals surface area contributed by atoms with E-state index in [1.807, 2.05) is 35.4 Å². The highest BCUT2D eigenvalue weighted by Crippen LogP contribution is 2.25. The highest BCUT2D eigenvalue weighted by atomic mass is 32.2. The second-order valence-electron chi connectivity index (χ2n) is 5.21. The van der Waals surface area contributed by atoms with Crippen molar-refractivity contribution in [2.24, 2.45) is 0 Å². The van der Waals surface area contributed by atoms with Crippen LogP contribution in [0.2, 0.25) is 0 Å². The number of likely N-dealkylation sites (tertiary alicyclic amines) is 1. The van der Waals surface area contributed by atoms with Gasteiger partial charge < -0.3 is 15.0 Å². The van der Waals surface area contributed by atoms with Gasteiger partial charge in [-0.2, -0.15) is 0 Å². The number of benzene rings is 1. The molecule has 0 unspecified atom stereocenters. The van der Waals surface area contributed by atoms with Gasteiger partial charge in [-0.15, -0.1) is 11.8 Å². The fraction of sp³-hybridized carbons (Fsp3) is 0.562. The van der Waals surface area contributed by atoms with Gasteiger partial charge in [-0.1, -0.05) is 19.1 Å². The van der Waals surface area contributed by atoms with Crippen molar-refractivity contribution in [2.75, 3.05) is 31.3 Å². The molecule has 1 atom stereocenters. The summed E-state index contributed by atoms with van der Waals surface area (Å²) in [4.78, 5) is 15.4. The molecule has 21 heavy (non-hydrogen) atoms. The van der Waals surface area contributed by atoms with Crippen LogP contribution in [0.15, 0.2) is 29.2 Å². The van der Waals surface area contributed by atoms with Crippen molar-refractivity contribution in [2.45, 2.75) is 37.2 Å². The summed E-state index contributed by atoms with van der Waals surface area (Å²) in [5.74, 6) is 0. The number of para-hydroxylation sites is 1. The molecule has 2 amide bonds. The maximum atomic E-state index is 12.4. The molecule has 1 aliphatic rings. The van der Waals surface area contributed by atoms with E-state index in [9.17, 15) is 4.79 Å². The van der Waals surface area contributed by atoms with Crippen LogP contribution in [0.4, 0.5) is 10.5 Å². The summed E-state index contributed by atoms with van der Waals surface area (Å²) in [5, 5.41) is 3.02. The molecule has 1 aromatic carbocycles. The van der Waals surface area contributed by atoms with Crippen molar-refractivity contribution >= 4 is 23.5 Å². The van der Waals surface area contributed by atoms with Crippen LogP contribution in [0.1, 0.15) is 26.2 Å². The molecule has 0 saturated carbocycles. The SMILES string of the molecule is CCCO[C@@H]1CCCN(C(=O)Nc2ccccc2SC)C1. The minimum Gasteiger partial charge on any atom is -0.376 e. The highest BCUT2D eigenvalue weighted by molar-refractivity contribution is 7.98. The number of nitrogens with zero attached hydrogens (tertiary/aromatic N) is 1. The number of amides is 2. The Hall–Kier alpha value is -1.20. The van der Waals surface area contributed by atoms with Crippen molar-refractivity contribution in [3.63, 3.8) is 0 Å². The van der Waals surface area contributed by atoms with Crippen LogP contribution in [0.5, 0.6) is 0 Å². The number of anilines is 1. The number of ether oxygens (including phenoxy) is 1. The second kappa shape index (κ2) is 8.29. The third-order valence-electron chi connectivity index (χ3n) is 3.57. The van der Waals surface area contributed by atoms with Crippen molar-refractivity contribution in [3.05, 3.63) is 24.3 Å². The van der Waals surface area contributed by atoms with Crippen molar-refractivity contribution in [3.8, 4) is 0 Å². The summed E-state index contributed by atoms with van der Waals surface area (Å²) in [5.41, 5.74) is 0.881. The van der Waals surface area contributed by atoms with E-state index >= 15 is 0 Å². The molecule has 0 spiro atoms. The summed E-state index contributed by atoms with van der Waals surface area (Å²) in [6, 6.07) is 7.86. The van der Waals surface area contributed by atoms with E-state index in [0.29, 0.717) is 6.54 Å². The van der Waals surface area contributed by atoms with E-state index in [-0.39, 0.29) is 12.1 Å². The molecular weight excluding hydrogens is 284 g/mol. The maximum Gasteiger partial charge on any atom is 0.321 e. The molecule has 0 aromatic heterocycles. The van der Waals surface area contributed by atoms with Crippen molar-refractivity contribution < 1.29 is 9.53 Å². The largest absolute Gasteiger partial charge is 0.376 e. The van der Waals surface area contributed by atoms with Gasteiger partial charge in [-0.3, -0.25) is 0 Å². The van der Waals surface area contributed by atoms with E-state index in [4.69, 9.17) is 4.74 Å². The van der Waals surface area contributed by atoms with E-state index in [1.54, 1.807) is 11.8 Å². The first-order chi connectivity index (χ1) is 10.2. The summed E-state index contributed by atoms with van der Waals surface area (Å²) < 4.78 is 5.78. The zero-order chi connectivity index (χ0) is 15.1. The second-order valence-corrected chi connectivity index (χ2v) is 6.06. The predicted molar refractivity (Wildman–Crippen MR) is 88.1 cm³/mol. The minimum absolute atomic E-state index is 0.0266. The van der Waals surface area contributed by atoms with Gasteiger partial charge in [-0.25, -0.2) is 4.79 Å². The van der Waals surface area contributed by atoms with Crippen LogP contribution in [-0.2, 0) is 4.74 Å². The lowest BCUT2D eigenvalue weighted by atomic mass is 10.1. The van der Waals surface area contributed by atoms with Gasteiger partial charge >= 0.3 is 6.03 Å². The van der Waals surface area contributed by atoms with E-state index < -0.39 is 0 Å². The first-order valence-corrected chi connectivity index (χ1v) is 8.77. The fourth-order valence-corrected chi connectivity index (χ4v) is 3.04. The molecule has 0 radical (unpaired) electrons. The van der Waals surface area contributed by atoms with Crippen molar-refractivity contribution in [1.82, 2.24) is 4.90 Å². The third kappa shape index (κ3) is 4.64. The van der Waals surface area contributed by atoms with E-state index in [2.05, 4.69) is 12.2 Å². The first kappa shape index (κ1) is 16.2. The Morgan fingerprint density at radius 2 is 2.29 bits per heavy atom. The molecule has 0 bridgehead atoms. The van der Waals surface area contributed by atoms with Gasteiger partial charge in [0.05, 0.1) is 11.8 Å². The Balaban J connectivity index is 1.93. The minimum atomic E-state index is -0.0266. The fourth-order valence-electron chi connectivity index (χ4n) is 2.49. The Morgan fingerprint density at radius 3 is 3.05 bits per heavy atom. The molecule has 1 aromatic rings. The Labute approximate surface area is 131 Å². The zero-order valence-electron chi connectivity index (χ0n) is 12.8. The number of nitrogens with one attached hydrogen (secondary N) is 1. The molecule has 4 nitrogen and oxygen atoms in total. The molecule has 1 saturated heterocycles. The van der Waals surface area contributed by atoms with Gasteiger partial charge in [0.1, 0.15) is 0 Å². The number of thioether (sulfide) groups is 1. The molecule has 5 heteroatoms. The Bertz CT molecular complexity index is 467. The third-order valence-corrected chi connectivity index (χ3v) is 4.37. The van der Waals surface area contributed by atoms with Gasteiger partial charge in [0.25, 0.3) is 0 Å². The molecule has 2 rings (SSSR count). The summed E-state index contributed by atoms with van der Waals surface area (Å²) in [6.07, 6.45) is 5.27. The van der Waals surface area contributed by atoms with Crippen LogP contribution in [0, 0.1) is 0 Å². The number of rotatable bonds is 5. The molecular formula is C16H24N2O2S. The molecule has 1 heterocycles. The van der Waals surface area contributed by atoms with Gasteiger partial charge in [0.15, 0.2) is 0 Å². The lowest BCUT2D eigenvalue weighted by Crippen LogP contribution is -2.45. The summed E-state index contributed by atoms with van der Waals surface area (Å²) in [6.45, 7) is 4.37.